The third-order valence-electron chi connectivity index (χ3n) is 4.46. The van der Waals surface area contributed by atoms with E-state index in [-0.39, 0.29) is 18.4 Å². The molecule has 0 fully saturated rings. The summed E-state index contributed by atoms with van der Waals surface area (Å²) in [7, 11) is 1.57. The first-order valence-corrected chi connectivity index (χ1v) is 10.3. The Labute approximate surface area is 187 Å². The lowest BCUT2D eigenvalue weighted by molar-refractivity contribution is 0.0936. The van der Waals surface area contributed by atoms with Gasteiger partial charge < -0.3 is 24.8 Å². The number of anilines is 1. The summed E-state index contributed by atoms with van der Waals surface area (Å²) in [4.78, 5) is 25.1. The van der Waals surface area contributed by atoms with Crippen molar-refractivity contribution in [1.82, 2.24) is 5.32 Å². The van der Waals surface area contributed by atoms with Gasteiger partial charge in [0, 0.05) is 24.9 Å². The van der Waals surface area contributed by atoms with E-state index in [2.05, 4.69) is 10.6 Å². The van der Waals surface area contributed by atoms with Crippen LogP contribution in [-0.4, -0.2) is 45.3 Å². The van der Waals surface area contributed by atoms with Crippen LogP contribution in [0.5, 0.6) is 11.5 Å². The number of benzene rings is 3. The molecule has 166 valence electrons. The van der Waals surface area contributed by atoms with E-state index in [1.165, 1.54) is 0 Å². The Morgan fingerprint density at radius 1 is 0.781 bits per heavy atom. The van der Waals surface area contributed by atoms with Crippen molar-refractivity contribution < 1.29 is 23.8 Å². The van der Waals surface area contributed by atoms with E-state index in [1.54, 1.807) is 55.6 Å². The predicted octanol–water partition coefficient (Wildman–Crippen LogP) is 3.77. The first-order valence-electron chi connectivity index (χ1n) is 10.3. The number of ether oxygens (including phenoxy) is 3. The molecule has 0 aliphatic carbocycles. The standard InChI is InChI=1S/C25H26N2O5/c1-30-15-14-26-24(28)19-8-7-9-20(18-19)27-25(29)22-12-5-6-13-23(22)32-17-16-31-21-10-3-2-4-11-21/h2-13,18H,14-17H2,1H3,(H,26,28)(H,27,29). The number of para-hydroxylation sites is 2. The zero-order valence-corrected chi connectivity index (χ0v) is 17.9. The van der Waals surface area contributed by atoms with Crippen LogP contribution >= 0.6 is 0 Å². The van der Waals surface area contributed by atoms with E-state index in [4.69, 9.17) is 14.2 Å². The maximum Gasteiger partial charge on any atom is 0.259 e. The molecule has 0 aliphatic rings. The van der Waals surface area contributed by atoms with Crippen LogP contribution in [0.2, 0.25) is 0 Å². The van der Waals surface area contributed by atoms with Crippen LogP contribution < -0.4 is 20.1 Å². The molecule has 3 aromatic carbocycles. The summed E-state index contributed by atoms with van der Waals surface area (Å²) in [5, 5.41) is 5.58. The van der Waals surface area contributed by atoms with Gasteiger partial charge in [0.1, 0.15) is 24.7 Å². The average Bonchev–Trinajstić information content (AvgIpc) is 2.83. The third kappa shape index (κ3) is 6.85. The molecule has 0 heterocycles. The van der Waals surface area contributed by atoms with Crippen molar-refractivity contribution >= 4 is 17.5 Å². The number of carbonyl (C=O) groups excluding carboxylic acids is 2. The molecule has 0 radical (unpaired) electrons. The van der Waals surface area contributed by atoms with Crippen LogP contribution in [0.1, 0.15) is 20.7 Å². The Morgan fingerprint density at radius 2 is 1.53 bits per heavy atom. The summed E-state index contributed by atoms with van der Waals surface area (Å²) >= 11 is 0. The summed E-state index contributed by atoms with van der Waals surface area (Å²) in [6, 6.07) is 23.2. The molecule has 2 N–H and O–H groups in total. The molecule has 0 saturated carbocycles. The number of carbonyl (C=O) groups is 2. The molecule has 0 bridgehead atoms. The van der Waals surface area contributed by atoms with Crippen molar-refractivity contribution in [2.75, 3.05) is 38.8 Å². The van der Waals surface area contributed by atoms with Crippen LogP contribution in [0.4, 0.5) is 5.69 Å². The Kier molecular flexibility index (Phi) is 8.65. The van der Waals surface area contributed by atoms with Crippen molar-refractivity contribution in [1.29, 1.82) is 0 Å². The van der Waals surface area contributed by atoms with Crippen LogP contribution in [0.3, 0.4) is 0 Å². The number of hydrogen-bond donors (Lipinski definition) is 2. The molecule has 0 saturated heterocycles. The summed E-state index contributed by atoms with van der Waals surface area (Å²) in [5.41, 5.74) is 1.35. The lowest BCUT2D eigenvalue weighted by Crippen LogP contribution is -2.27. The van der Waals surface area contributed by atoms with Crippen molar-refractivity contribution in [3.8, 4) is 11.5 Å². The van der Waals surface area contributed by atoms with E-state index in [0.29, 0.717) is 42.3 Å². The quantitative estimate of drug-likeness (QED) is 0.449. The molecule has 0 atom stereocenters. The van der Waals surface area contributed by atoms with Gasteiger partial charge in [0.25, 0.3) is 11.8 Å². The van der Waals surface area contributed by atoms with Gasteiger partial charge in [-0.25, -0.2) is 0 Å². The van der Waals surface area contributed by atoms with Gasteiger partial charge in [-0.15, -0.1) is 0 Å². The normalized spacial score (nSPS) is 10.3. The highest BCUT2D eigenvalue weighted by Gasteiger charge is 2.13. The van der Waals surface area contributed by atoms with Gasteiger partial charge in [0.15, 0.2) is 0 Å². The van der Waals surface area contributed by atoms with Gasteiger partial charge in [-0.2, -0.15) is 0 Å². The van der Waals surface area contributed by atoms with Crippen LogP contribution in [0, 0.1) is 0 Å². The number of amides is 2. The number of methoxy groups -OCH3 is 1. The van der Waals surface area contributed by atoms with Crippen LogP contribution in [0.15, 0.2) is 78.9 Å². The van der Waals surface area contributed by atoms with E-state index in [0.717, 1.165) is 5.75 Å². The van der Waals surface area contributed by atoms with Crippen LogP contribution in [-0.2, 0) is 4.74 Å². The zero-order valence-electron chi connectivity index (χ0n) is 17.9. The molecule has 3 aromatic rings. The maximum absolute atomic E-state index is 12.8. The zero-order chi connectivity index (χ0) is 22.6. The SMILES string of the molecule is COCCNC(=O)c1cccc(NC(=O)c2ccccc2OCCOc2ccccc2)c1. The van der Waals surface area contributed by atoms with Crippen molar-refractivity contribution in [3.05, 3.63) is 90.0 Å². The highest BCUT2D eigenvalue weighted by Crippen LogP contribution is 2.20. The molecule has 0 unspecified atom stereocenters. The second kappa shape index (κ2) is 12.1. The minimum Gasteiger partial charge on any atom is -0.490 e. The van der Waals surface area contributed by atoms with Gasteiger partial charge in [0.2, 0.25) is 0 Å². The van der Waals surface area contributed by atoms with Gasteiger partial charge in [-0.05, 0) is 42.5 Å². The van der Waals surface area contributed by atoms with Gasteiger partial charge in [0.05, 0.1) is 12.2 Å². The number of nitrogens with one attached hydrogen (secondary N) is 2. The number of rotatable bonds is 11. The largest absolute Gasteiger partial charge is 0.490 e. The molecule has 7 heteroatoms. The Hall–Kier alpha value is -3.84. The fraction of sp³-hybridized carbons (Fsp3) is 0.200. The molecule has 32 heavy (non-hydrogen) atoms. The molecular formula is C25H26N2O5. The summed E-state index contributed by atoms with van der Waals surface area (Å²) in [6.45, 7) is 1.47. The Morgan fingerprint density at radius 3 is 2.34 bits per heavy atom. The smallest absolute Gasteiger partial charge is 0.259 e. The van der Waals surface area contributed by atoms with Crippen molar-refractivity contribution in [2.45, 2.75) is 0 Å². The second-order valence-corrected chi connectivity index (χ2v) is 6.79. The average molecular weight is 434 g/mol. The summed E-state index contributed by atoms with van der Waals surface area (Å²) in [6.07, 6.45) is 0. The van der Waals surface area contributed by atoms with Gasteiger partial charge >= 0.3 is 0 Å². The number of hydrogen-bond acceptors (Lipinski definition) is 5. The fourth-order valence-electron chi connectivity index (χ4n) is 2.91. The van der Waals surface area contributed by atoms with E-state index in [1.807, 2.05) is 30.3 Å². The minimum atomic E-state index is -0.332. The lowest BCUT2D eigenvalue weighted by Gasteiger charge is -2.13. The highest BCUT2D eigenvalue weighted by atomic mass is 16.5. The summed E-state index contributed by atoms with van der Waals surface area (Å²) < 4.78 is 16.3. The lowest BCUT2D eigenvalue weighted by atomic mass is 10.1. The molecule has 7 nitrogen and oxygen atoms in total. The second-order valence-electron chi connectivity index (χ2n) is 6.79. The minimum absolute atomic E-state index is 0.236. The molecule has 2 amide bonds. The topological polar surface area (TPSA) is 85.9 Å². The molecule has 0 aliphatic heterocycles. The predicted molar refractivity (Wildman–Crippen MR) is 122 cm³/mol. The van der Waals surface area contributed by atoms with E-state index >= 15 is 0 Å². The third-order valence-corrected chi connectivity index (χ3v) is 4.46. The highest BCUT2D eigenvalue weighted by molar-refractivity contribution is 6.06. The monoisotopic (exact) mass is 434 g/mol. The van der Waals surface area contributed by atoms with Crippen molar-refractivity contribution in [2.24, 2.45) is 0 Å². The Balaban J connectivity index is 1.58. The fourth-order valence-corrected chi connectivity index (χ4v) is 2.91. The molecule has 0 spiro atoms. The molecule has 0 aromatic heterocycles. The maximum atomic E-state index is 12.8. The molecular weight excluding hydrogens is 408 g/mol. The van der Waals surface area contributed by atoms with Crippen molar-refractivity contribution in [3.63, 3.8) is 0 Å². The van der Waals surface area contributed by atoms with Gasteiger partial charge in [-0.1, -0.05) is 36.4 Å². The summed E-state index contributed by atoms with van der Waals surface area (Å²) in [5.74, 6) is 0.644. The van der Waals surface area contributed by atoms with E-state index in [9.17, 15) is 9.59 Å². The van der Waals surface area contributed by atoms with Crippen LogP contribution in [0.25, 0.3) is 0 Å². The first kappa shape index (κ1) is 22.8. The first-order chi connectivity index (χ1) is 15.7. The molecule has 3 rings (SSSR count). The Bertz CT molecular complexity index is 1020. The van der Waals surface area contributed by atoms with Gasteiger partial charge in [-0.3, -0.25) is 9.59 Å². The van der Waals surface area contributed by atoms with E-state index < -0.39 is 0 Å².